The molecule has 2 rings (SSSR count). The summed E-state index contributed by atoms with van der Waals surface area (Å²) in [6.07, 6.45) is 1.46. The average molecular weight is 268 g/mol. The number of rotatable bonds is 5. The molecule has 1 unspecified atom stereocenters. The van der Waals surface area contributed by atoms with Crippen molar-refractivity contribution in [2.45, 2.75) is 13.0 Å². The van der Waals surface area contributed by atoms with Gasteiger partial charge in [-0.1, -0.05) is 12.1 Å². The molecule has 0 saturated heterocycles. The minimum atomic E-state index is 0.129. The molecule has 0 amide bonds. The van der Waals surface area contributed by atoms with Crippen LogP contribution < -0.4 is 16.4 Å². The van der Waals surface area contributed by atoms with E-state index in [2.05, 4.69) is 26.7 Å². The highest BCUT2D eigenvalue weighted by Gasteiger charge is 2.05. The molecule has 1 aromatic carbocycles. The maximum Gasteiger partial charge on any atom is 0.135 e. The third-order valence-electron chi connectivity index (χ3n) is 2.73. The van der Waals surface area contributed by atoms with Gasteiger partial charge in [-0.05, 0) is 19.1 Å². The van der Waals surface area contributed by atoms with Gasteiger partial charge in [0, 0.05) is 18.7 Å². The number of anilines is 3. The van der Waals surface area contributed by atoms with E-state index >= 15 is 0 Å². The highest BCUT2D eigenvalue weighted by molar-refractivity contribution is 5.65. The highest BCUT2D eigenvalue weighted by atomic mass is 15.1. The molecule has 0 radical (unpaired) electrons. The molecule has 20 heavy (non-hydrogen) atoms. The molecule has 0 saturated carbocycles. The second-order valence-electron chi connectivity index (χ2n) is 4.35. The van der Waals surface area contributed by atoms with Crippen molar-refractivity contribution in [1.82, 2.24) is 9.97 Å². The van der Waals surface area contributed by atoms with E-state index in [4.69, 9.17) is 11.0 Å². The van der Waals surface area contributed by atoms with Gasteiger partial charge >= 0.3 is 0 Å². The zero-order valence-electron chi connectivity index (χ0n) is 11.2. The van der Waals surface area contributed by atoms with Crippen LogP contribution in [0.3, 0.4) is 0 Å². The standard InChI is InChI=1S/C14H16N6/c1-10(7-15)19-13-6-14(18-9-17-13)20-12-5-3-2-4-11(12)8-16/h2-6,9-10H,7,15H2,1H3,(H2,17,18,19,20). The van der Waals surface area contributed by atoms with Crippen molar-refractivity contribution in [1.29, 1.82) is 5.26 Å². The molecule has 6 heteroatoms. The first-order valence-corrected chi connectivity index (χ1v) is 6.27. The summed E-state index contributed by atoms with van der Waals surface area (Å²) in [6, 6.07) is 11.3. The molecule has 0 aliphatic rings. The first kappa shape index (κ1) is 13.8. The van der Waals surface area contributed by atoms with Crippen LogP contribution >= 0.6 is 0 Å². The number of para-hydroxylation sites is 1. The second kappa shape index (κ2) is 6.50. The summed E-state index contributed by atoms with van der Waals surface area (Å²) in [5.74, 6) is 1.31. The van der Waals surface area contributed by atoms with Crippen molar-refractivity contribution in [2.24, 2.45) is 5.73 Å². The number of hydrogen-bond donors (Lipinski definition) is 3. The zero-order chi connectivity index (χ0) is 14.4. The normalized spacial score (nSPS) is 11.4. The van der Waals surface area contributed by atoms with Gasteiger partial charge in [0.2, 0.25) is 0 Å². The lowest BCUT2D eigenvalue weighted by Crippen LogP contribution is -2.25. The van der Waals surface area contributed by atoms with Gasteiger partial charge in [0.25, 0.3) is 0 Å². The lowest BCUT2D eigenvalue weighted by molar-refractivity contribution is 0.797. The quantitative estimate of drug-likeness (QED) is 0.765. The summed E-state index contributed by atoms with van der Waals surface area (Å²) in [5.41, 5.74) is 6.84. The van der Waals surface area contributed by atoms with E-state index in [0.29, 0.717) is 29.4 Å². The van der Waals surface area contributed by atoms with Gasteiger partial charge in [-0.2, -0.15) is 5.26 Å². The molecule has 1 heterocycles. The maximum atomic E-state index is 9.05. The minimum Gasteiger partial charge on any atom is -0.366 e. The molecule has 1 aromatic heterocycles. The van der Waals surface area contributed by atoms with Gasteiger partial charge in [-0.25, -0.2) is 9.97 Å². The predicted molar refractivity (Wildman–Crippen MR) is 78.6 cm³/mol. The van der Waals surface area contributed by atoms with Gasteiger partial charge in [-0.3, -0.25) is 0 Å². The molecular weight excluding hydrogens is 252 g/mol. The van der Waals surface area contributed by atoms with E-state index < -0.39 is 0 Å². The number of nitrogens with one attached hydrogen (secondary N) is 2. The van der Waals surface area contributed by atoms with Crippen LogP contribution in [0.15, 0.2) is 36.7 Å². The molecule has 0 fully saturated rings. The lowest BCUT2D eigenvalue weighted by Gasteiger charge is -2.13. The fourth-order valence-electron chi connectivity index (χ4n) is 1.64. The highest BCUT2D eigenvalue weighted by Crippen LogP contribution is 2.19. The predicted octanol–water partition coefficient (Wildman–Crippen LogP) is 1.85. The Morgan fingerprint density at radius 2 is 2.05 bits per heavy atom. The number of aromatic nitrogens is 2. The molecule has 0 aliphatic heterocycles. The van der Waals surface area contributed by atoms with Crippen LogP contribution in [0.4, 0.5) is 17.3 Å². The Morgan fingerprint density at radius 3 is 2.80 bits per heavy atom. The Kier molecular flexibility index (Phi) is 4.47. The van der Waals surface area contributed by atoms with Gasteiger partial charge in [0.05, 0.1) is 11.3 Å². The molecule has 0 bridgehead atoms. The fourth-order valence-corrected chi connectivity index (χ4v) is 1.64. The molecule has 0 spiro atoms. The third-order valence-corrected chi connectivity index (χ3v) is 2.73. The molecule has 1 atom stereocenters. The Balaban J connectivity index is 2.18. The van der Waals surface area contributed by atoms with Crippen LogP contribution in [0, 0.1) is 11.3 Å². The van der Waals surface area contributed by atoms with Gasteiger partial charge < -0.3 is 16.4 Å². The zero-order valence-corrected chi connectivity index (χ0v) is 11.2. The van der Waals surface area contributed by atoms with E-state index in [1.165, 1.54) is 6.33 Å². The Bertz CT molecular complexity index is 619. The monoisotopic (exact) mass is 268 g/mol. The number of nitriles is 1. The van der Waals surface area contributed by atoms with Crippen molar-refractivity contribution in [3.05, 3.63) is 42.2 Å². The van der Waals surface area contributed by atoms with Gasteiger partial charge in [0.15, 0.2) is 0 Å². The van der Waals surface area contributed by atoms with Crippen LogP contribution in [0.25, 0.3) is 0 Å². The van der Waals surface area contributed by atoms with E-state index in [1.54, 1.807) is 12.1 Å². The van der Waals surface area contributed by atoms with Crippen molar-refractivity contribution in [2.75, 3.05) is 17.2 Å². The summed E-state index contributed by atoms with van der Waals surface area (Å²) < 4.78 is 0. The maximum absolute atomic E-state index is 9.05. The molecular formula is C14H16N6. The molecule has 2 aromatic rings. The molecule has 4 N–H and O–H groups in total. The summed E-state index contributed by atoms with van der Waals surface area (Å²) >= 11 is 0. The smallest absolute Gasteiger partial charge is 0.135 e. The summed E-state index contributed by atoms with van der Waals surface area (Å²) in [5, 5.41) is 15.3. The van der Waals surface area contributed by atoms with Crippen LogP contribution in [-0.2, 0) is 0 Å². The van der Waals surface area contributed by atoms with Crippen molar-refractivity contribution in [3.8, 4) is 6.07 Å². The Labute approximate surface area is 117 Å². The minimum absolute atomic E-state index is 0.129. The van der Waals surface area contributed by atoms with E-state index in [9.17, 15) is 0 Å². The second-order valence-corrected chi connectivity index (χ2v) is 4.35. The van der Waals surface area contributed by atoms with Crippen LogP contribution in [0.2, 0.25) is 0 Å². The van der Waals surface area contributed by atoms with Crippen molar-refractivity contribution >= 4 is 17.3 Å². The Hall–Kier alpha value is -2.65. The van der Waals surface area contributed by atoms with Gasteiger partial charge in [-0.15, -0.1) is 0 Å². The molecule has 102 valence electrons. The topological polar surface area (TPSA) is 99.7 Å². The third kappa shape index (κ3) is 3.43. The summed E-state index contributed by atoms with van der Waals surface area (Å²) in [6.45, 7) is 2.49. The van der Waals surface area contributed by atoms with Crippen LogP contribution in [0.1, 0.15) is 12.5 Å². The first-order chi connectivity index (χ1) is 9.72. The fraction of sp³-hybridized carbons (Fsp3) is 0.214. The van der Waals surface area contributed by atoms with Crippen LogP contribution in [-0.4, -0.2) is 22.6 Å². The Morgan fingerprint density at radius 1 is 1.30 bits per heavy atom. The number of hydrogen-bond acceptors (Lipinski definition) is 6. The average Bonchev–Trinajstić information content (AvgIpc) is 2.48. The molecule has 0 aliphatic carbocycles. The summed E-state index contributed by atoms with van der Waals surface area (Å²) in [4.78, 5) is 8.27. The van der Waals surface area contributed by atoms with E-state index in [-0.39, 0.29) is 6.04 Å². The molecule has 6 nitrogen and oxygen atoms in total. The lowest BCUT2D eigenvalue weighted by atomic mass is 10.2. The number of nitrogens with two attached hydrogens (primary N) is 1. The van der Waals surface area contributed by atoms with Crippen molar-refractivity contribution in [3.63, 3.8) is 0 Å². The first-order valence-electron chi connectivity index (χ1n) is 6.27. The summed E-state index contributed by atoms with van der Waals surface area (Å²) in [7, 11) is 0. The van der Waals surface area contributed by atoms with Crippen LogP contribution in [0.5, 0.6) is 0 Å². The van der Waals surface area contributed by atoms with Gasteiger partial charge in [0.1, 0.15) is 24.0 Å². The number of nitrogens with zero attached hydrogens (tertiary/aromatic N) is 3. The van der Waals surface area contributed by atoms with Crippen molar-refractivity contribution < 1.29 is 0 Å². The van der Waals surface area contributed by atoms with E-state index in [1.807, 2.05) is 25.1 Å². The number of benzene rings is 1. The van der Waals surface area contributed by atoms with E-state index in [0.717, 1.165) is 0 Å². The SMILES string of the molecule is CC(CN)Nc1cc(Nc2ccccc2C#N)ncn1. The largest absolute Gasteiger partial charge is 0.366 e.